The van der Waals surface area contributed by atoms with Gasteiger partial charge in [-0.1, -0.05) is 13.0 Å². The van der Waals surface area contributed by atoms with Gasteiger partial charge in [0.2, 0.25) is 5.91 Å². The fraction of sp³-hybridized carbons (Fsp3) is 0.533. The number of hydrogen-bond donors (Lipinski definition) is 2. The first-order valence-corrected chi connectivity index (χ1v) is 7.68. The Kier molecular flexibility index (Phi) is 10.5. The van der Waals surface area contributed by atoms with E-state index in [0.717, 1.165) is 28.8 Å². The van der Waals surface area contributed by atoms with Crippen molar-refractivity contribution in [3.8, 4) is 5.75 Å². The van der Waals surface area contributed by atoms with Gasteiger partial charge in [-0.25, -0.2) is 0 Å². The lowest BCUT2D eigenvalue weighted by atomic mass is 10.1. The largest absolute Gasteiger partial charge is 0.496 e. The maximum atomic E-state index is 11.8. The predicted molar refractivity (Wildman–Crippen MR) is 92.4 cm³/mol. The number of carbonyl (C=O) groups is 1. The molecule has 0 saturated heterocycles. The van der Waals surface area contributed by atoms with Crippen LogP contribution in [0, 0.1) is 0 Å². The van der Waals surface area contributed by atoms with Gasteiger partial charge in [-0.2, -0.15) is 0 Å². The number of amides is 1. The Morgan fingerprint density at radius 1 is 1.43 bits per heavy atom. The van der Waals surface area contributed by atoms with E-state index in [2.05, 4.69) is 40.4 Å². The van der Waals surface area contributed by atoms with Crippen LogP contribution in [0.2, 0.25) is 0 Å². The van der Waals surface area contributed by atoms with E-state index in [1.165, 1.54) is 0 Å². The number of likely N-dealkylation sites (N-methyl/N-ethyl adjacent to an activating group) is 1. The van der Waals surface area contributed by atoms with Crippen LogP contribution in [-0.2, 0) is 11.2 Å². The molecule has 0 aliphatic rings. The number of aryl methyl sites for hydroxylation is 1. The smallest absolute Gasteiger partial charge is 0.220 e. The van der Waals surface area contributed by atoms with Gasteiger partial charge in [0.25, 0.3) is 0 Å². The lowest BCUT2D eigenvalue weighted by Gasteiger charge is -2.13. The number of rotatable bonds is 8. The van der Waals surface area contributed by atoms with E-state index in [1.54, 1.807) is 7.11 Å². The van der Waals surface area contributed by atoms with E-state index in [0.29, 0.717) is 19.0 Å². The number of hydrogen-bond acceptors (Lipinski definition) is 3. The summed E-state index contributed by atoms with van der Waals surface area (Å²) in [5, 5.41) is 6.20. The van der Waals surface area contributed by atoms with Gasteiger partial charge in [-0.15, -0.1) is 12.4 Å². The second kappa shape index (κ2) is 10.9. The van der Waals surface area contributed by atoms with Gasteiger partial charge in [-0.3, -0.25) is 4.79 Å². The van der Waals surface area contributed by atoms with Gasteiger partial charge >= 0.3 is 0 Å². The van der Waals surface area contributed by atoms with Crippen LogP contribution in [0.4, 0.5) is 0 Å². The molecule has 21 heavy (non-hydrogen) atoms. The highest BCUT2D eigenvalue weighted by Crippen LogP contribution is 2.25. The van der Waals surface area contributed by atoms with Crippen LogP contribution in [0.3, 0.4) is 0 Å². The van der Waals surface area contributed by atoms with Crippen molar-refractivity contribution in [1.29, 1.82) is 0 Å². The zero-order valence-corrected chi connectivity index (χ0v) is 15.1. The second-order valence-corrected chi connectivity index (χ2v) is 5.59. The van der Waals surface area contributed by atoms with Crippen molar-refractivity contribution < 1.29 is 9.53 Å². The minimum atomic E-state index is 0. The van der Waals surface area contributed by atoms with E-state index >= 15 is 0 Å². The van der Waals surface area contributed by atoms with Crippen molar-refractivity contribution in [2.24, 2.45) is 0 Å². The van der Waals surface area contributed by atoms with Crippen LogP contribution in [-0.4, -0.2) is 32.1 Å². The minimum Gasteiger partial charge on any atom is -0.496 e. The molecule has 1 aromatic carbocycles. The van der Waals surface area contributed by atoms with Crippen LogP contribution in [0.15, 0.2) is 22.7 Å². The summed E-state index contributed by atoms with van der Waals surface area (Å²) in [6.45, 7) is 5.69. The van der Waals surface area contributed by atoms with E-state index < -0.39 is 0 Å². The Morgan fingerprint density at radius 3 is 2.71 bits per heavy atom. The average molecular weight is 380 g/mol. The monoisotopic (exact) mass is 378 g/mol. The summed E-state index contributed by atoms with van der Waals surface area (Å²) >= 11 is 3.45. The third-order valence-corrected chi connectivity index (χ3v) is 3.63. The Bertz CT molecular complexity index is 444. The third kappa shape index (κ3) is 7.69. The average Bonchev–Trinajstić information content (AvgIpc) is 2.43. The van der Waals surface area contributed by atoms with Gasteiger partial charge in [0.1, 0.15) is 5.75 Å². The summed E-state index contributed by atoms with van der Waals surface area (Å²) < 4.78 is 6.10. The highest BCUT2D eigenvalue weighted by atomic mass is 79.9. The lowest BCUT2D eigenvalue weighted by molar-refractivity contribution is -0.121. The molecule has 1 amide bonds. The Morgan fingerprint density at radius 2 is 2.14 bits per heavy atom. The molecule has 0 heterocycles. The highest BCUT2D eigenvalue weighted by molar-refractivity contribution is 9.10. The molecule has 6 heteroatoms. The molecule has 120 valence electrons. The van der Waals surface area contributed by atoms with Crippen LogP contribution in [0.25, 0.3) is 0 Å². The molecule has 0 aliphatic heterocycles. The first kappa shape index (κ1) is 20.2. The highest BCUT2D eigenvalue weighted by Gasteiger charge is 2.06. The molecule has 0 spiro atoms. The number of methoxy groups -OCH3 is 1. The molecule has 0 aromatic heterocycles. The zero-order chi connectivity index (χ0) is 15.0. The molecule has 0 saturated carbocycles. The van der Waals surface area contributed by atoms with Crippen molar-refractivity contribution in [3.63, 3.8) is 0 Å². The number of carbonyl (C=O) groups excluding carboxylic acids is 1. The molecule has 1 aromatic rings. The molecule has 2 N–H and O–H groups in total. The summed E-state index contributed by atoms with van der Waals surface area (Å²) in [6, 6.07) is 6.19. The van der Waals surface area contributed by atoms with Crippen molar-refractivity contribution >= 4 is 34.2 Å². The van der Waals surface area contributed by atoms with E-state index in [-0.39, 0.29) is 18.3 Å². The van der Waals surface area contributed by atoms with Gasteiger partial charge in [-0.05, 0) is 53.5 Å². The fourth-order valence-corrected chi connectivity index (χ4v) is 2.49. The zero-order valence-electron chi connectivity index (χ0n) is 12.7. The Labute approximate surface area is 141 Å². The van der Waals surface area contributed by atoms with Crippen molar-refractivity contribution in [1.82, 2.24) is 10.6 Å². The first-order valence-electron chi connectivity index (χ1n) is 6.89. The summed E-state index contributed by atoms with van der Waals surface area (Å²) in [4.78, 5) is 11.8. The van der Waals surface area contributed by atoms with Crippen molar-refractivity contribution in [2.45, 2.75) is 32.7 Å². The minimum absolute atomic E-state index is 0. The van der Waals surface area contributed by atoms with Gasteiger partial charge < -0.3 is 15.4 Å². The van der Waals surface area contributed by atoms with Crippen molar-refractivity contribution in [3.05, 3.63) is 28.2 Å². The standard InChI is InChI=1S/C15H23BrN2O2.ClH/c1-4-17-11(2)10-18-15(19)8-6-12-5-7-14(20-3)13(16)9-12;/h5,7,9,11,17H,4,6,8,10H2,1-3H3,(H,18,19);1H/t11-;/m1./s1. The number of ether oxygens (including phenoxy) is 1. The molecule has 0 aliphatic carbocycles. The summed E-state index contributed by atoms with van der Waals surface area (Å²) in [7, 11) is 1.64. The molecule has 4 nitrogen and oxygen atoms in total. The number of benzene rings is 1. The number of halogens is 2. The normalized spacial score (nSPS) is 11.4. The van der Waals surface area contributed by atoms with Gasteiger partial charge in [0.05, 0.1) is 11.6 Å². The van der Waals surface area contributed by atoms with Crippen LogP contribution >= 0.6 is 28.3 Å². The maximum absolute atomic E-state index is 11.8. The molecule has 0 radical (unpaired) electrons. The van der Waals surface area contributed by atoms with Gasteiger partial charge in [0, 0.05) is 19.0 Å². The molecule has 0 bridgehead atoms. The van der Waals surface area contributed by atoms with Crippen molar-refractivity contribution in [2.75, 3.05) is 20.2 Å². The van der Waals surface area contributed by atoms with E-state index in [4.69, 9.17) is 4.74 Å². The van der Waals surface area contributed by atoms with Gasteiger partial charge in [0.15, 0.2) is 0 Å². The maximum Gasteiger partial charge on any atom is 0.220 e. The van der Waals surface area contributed by atoms with Crippen LogP contribution in [0.5, 0.6) is 5.75 Å². The summed E-state index contributed by atoms with van der Waals surface area (Å²) in [5.41, 5.74) is 1.12. The van der Waals surface area contributed by atoms with E-state index in [9.17, 15) is 4.79 Å². The Hall–Kier alpha value is -0.780. The molecular weight excluding hydrogens is 356 g/mol. The third-order valence-electron chi connectivity index (χ3n) is 3.01. The molecular formula is C15H24BrClN2O2. The Balaban J connectivity index is 0.00000400. The quantitative estimate of drug-likeness (QED) is 0.730. The topological polar surface area (TPSA) is 50.4 Å². The summed E-state index contributed by atoms with van der Waals surface area (Å²) in [6.07, 6.45) is 1.22. The number of nitrogens with one attached hydrogen (secondary N) is 2. The molecule has 0 fully saturated rings. The molecule has 1 rings (SSSR count). The lowest BCUT2D eigenvalue weighted by Crippen LogP contribution is -2.38. The second-order valence-electron chi connectivity index (χ2n) is 4.73. The van der Waals surface area contributed by atoms with Crippen LogP contribution < -0.4 is 15.4 Å². The molecule has 1 atom stereocenters. The summed E-state index contributed by atoms with van der Waals surface area (Å²) in [5.74, 6) is 0.888. The van der Waals surface area contributed by atoms with Crippen LogP contribution in [0.1, 0.15) is 25.8 Å². The van der Waals surface area contributed by atoms with E-state index in [1.807, 2.05) is 18.2 Å². The predicted octanol–water partition coefficient (Wildman–Crippen LogP) is 2.93. The molecule has 0 unspecified atom stereocenters. The first-order chi connectivity index (χ1) is 9.56. The SMILES string of the molecule is CCN[C@H](C)CNC(=O)CCc1ccc(OC)c(Br)c1.Cl. The fourth-order valence-electron chi connectivity index (χ4n) is 1.90.